The van der Waals surface area contributed by atoms with Crippen molar-refractivity contribution in [3.63, 3.8) is 0 Å². The Kier molecular flexibility index (Phi) is 9.51. The summed E-state index contributed by atoms with van der Waals surface area (Å²) in [5.74, 6) is -2.03. The minimum atomic E-state index is -1.18. The fraction of sp³-hybridized carbons (Fsp3) is 0.367. The third-order valence-corrected chi connectivity index (χ3v) is 6.92. The average molecular weight is 563 g/mol. The molecule has 0 spiro atoms. The Bertz CT molecular complexity index is 1420. The number of H-pyrrole nitrogens is 1. The summed E-state index contributed by atoms with van der Waals surface area (Å²) in [6, 6.07) is 15.2. The fourth-order valence-corrected chi connectivity index (χ4v) is 4.33. The second kappa shape index (κ2) is 13.2. The number of amides is 2. The van der Waals surface area contributed by atoms with E-state index in [0.29, 0.717) is 31.7 Å². The van der Waals surface area contributed by atoms with E-state index in [2.05, 4.69) is 10.2 Å². The van der Waals surface area contributed by atoms with E-state index in [1.54, 1.807) is 21.9 Å². The molecule has 11 heteroatoms. The first-order valence-corrected chi connectivity index (χ1v) is 13.4. The third kappa shape index (κ3) is 7.17. The predicted molar refractivity (Wildman–Crippen MR) is 152 cm³/mol. The lowest BCUT2D eigenvalue weighted by Gasteiger charge is -2.35. The van der Waals surface area contributed by atoms with E-state index in [-0.39, 0.29) is 11.8 Å². The molecule has 1 aliphatic heterocycles. The molecule has 1 fully saturated rings. The third-order valence-electron chi connectivity index (χ3n) is 6.92. The van der Waals surface area contributed by atoms with Crippen molar-refractivity contribution in [2.45, 2.75) is 39.1 Å². The second-order valence-corrected chi connectivity index (χ2v) is 9.76. The number of ether oxygens (including phenoxy) is 3. The number of carbonyl (C=O) groups is 4. The standard InChI is InChI=1S/C30H34N4O7/c1-19(40-30(38)21(3)41-29(37)20(2)39-4)27(35)33-15-17-34(18-16-33)28(36)23-12-9-22(10-13-23)11-14-26-24-7-5-6-8-25(24)31-32-26/h5-14,19-21H,15-18H2,1-4H3,(H,31,32)/b14-11+. The largest absolute Gasteiger partial charge is 0.450 e. The van der Waals surface area contributed by atoms with E-state index in [4.69, 9.17) is 14.2 Å². The SMILES string of the molecule is COC(C)C(=O)OC(C)C(=O)OC(C)C(=O)N1CCN(C(=O)c2ccc(/C=C/c3n[nH]c4ccccc34)cc2)CC1. The molecule has 1 N–H and O–H groups in total. The summed E-state index contributed by atoms with van der Waals surface area (Å²) in [4.78, 5) is 53.2. The maximum atomic E-state index is 13.1. The second-order valence-electron chi connectivity index (χ2n) is 9.76. The molecule has 2 amide bonds. The Hall–Kier alpha value is -4.51. The Morgan fingerprint density at radius 3 is 2.10 bits per heavy atom. The van der Waals surface area contributed by atoms with Gasteiger partial charge in [-0.25, -0.2) is 9.59 Å². The molecule has 11 nitrogen and oxygen atoms in total. The highest BCUT2D eigenvalue weighted by molar-refractivity contribution is 5.95. The van der Waals surface area contributed by atoms with Crippen LogP contribution in [0.15, 0.2) is 48.5 Å². The van der Waals surface area contributed by atoms with Gasteiger partial charge in [0, 0.05) is 44.2 Å². The van der Waals surface area contributed by atoms with Crippen LogP contribution < -0.4 is 0 Å². The number of aromatic amines is 1. The van der Waals surface area contributed by atoms with Crippen LogP contribution in [0.5, 0.6) is 0 Å². The number of nitrogens with zero attached hydrogens (tertiary/aromatic N) is 3. The highest BCUT2D eigenvalue weighted by Crippen LogP contribution is 2.18. The van der Waals surface area contributed by atoms with Gasteiger partial charge < -0.3 is 24.0 Å². The summed E-state index contributed by atoms with van der Waals surface area (Å²) in [7, 11) is 1.35. The van der Waals surface area contributed by atoms with Gasteiger partial charge in [0.15, 0.2) is 18.3 Å². The summed E-state index contributed by atoms with van der Waals surface area (Å²) in [5.41, 5.74) is 3.30. The highest BCUT2D eigenvalue weighted by Gasteiger charge is 2.31. The number of para-hydroxylation sites is 1. The first-order valence-electron chi connectivity index (χ1n) is 13.4. The topological polar surface area (TPSA) is 131 Å². The summed E-state index contributed by atoms with van der Waals surface area (Å²) in [6.07, 6.45) is 0.800. The van der Waals surface area contributed by atoms with Gasteiger partial charge in [0.1, 0.15) is 0 Å². The number of nitrogens with one attached hydrogen (secondary N) is 1. The number of piperazine rings is 1. The Balaban J connectivity index is 1.25. The molecule has 2 aromatic carbocycles. The van der Waals surface area contributed by atoms with Crippen molar-refractivity contribution >= 4 is 46.8 Å². The summed E-state index contributed by atoms with van der Waals surface area (Å²) >= 11 is 0. The molecule has 2 heterocycles. The van der Waals surface area contributed by atoms with Crippen LogP contribution in [-0.4, -0.2) is 95.4 Å². The zero-order valence-corrected chi connectivity index (χ0v) is 23.5. The predicted octanol–water partition coefficient (Wildman–Crippen LogP) is 2.92. The van der Waals surface area contributed by atoms with E-state index in [0.717, 1.165) is 22.2 Å². The van der Waals surface area contributed by atoms with Crippen LogP contribution in [0.2, 0.25) is 0 Å². The first kappa shape index (κ1) is 29.5. The van der Waals surface area contributed by atoms with Gasteiger partial charge in [-0.2, -0.15) is 5.10 Å². The first-order chi connectivity index (χ1) is 19.7. The lowest BCUT2D eigenvalue weighted by atomic mass is 10.1. The quantitative estimate of drug-likeness (QED) is 0.394. The number of aromatic nitrogens is 2. The molecule has 3 atom stereocenters. The van der Waals surface area contributed by atoms with E-state index < -0.39 is 30.3 Å². The molecule has 41 heavy (non-hydrogen) atoms. The molecule has 0 radical (unpaired) electrons. The van der Waals surface area contributed by atoms with Crippen molar-refractivity contribution in [1.82, 2.24) is 20.0 Å². The van der Waals surface area contributed by atoms with E-state index in [1.807, 2.05) is 48.6 Å². The van der Waals surface area contributed by atoms with Crippen LogP contribution >= 0.6 is 0 Å². The molecular weight excluding hydrogens is 528 g/mol. The number of carbonyl (C=O) groups excluding carboxylic acids is 4. The zero-order chi connectivity index (χ0) is 29.5. The summed E-state index contributed by atoms with van der Waals surface area (Å²) in [5, 5.41) is 8.38. The molecule has 4 rings (SSSR count). The normalized spacial score (nSPS) is 15.9. The van der Waals surface area contributed by atoms with Crippen LogP contribution in [0.4, 0.5) is 0 Å². The molecular formula is C30H34N4O7. The molecule has 0 bridgehead atoms. The monoisotopic (exact) mass is 562 g/mol. The van der Waals surface area contributed by atoms with Crippen molar-refractivity contribution in [2.75, 3.05) is 33.3 Å². The minimum absolute atomic E-state index is 0.119. The minimum Gasteiger partial charge on any atom is -0.450 e. The maximum Gasteiger partial charge on any atom is 0.347 e. The van der Waals surface area contributed by atoms with Gasteiger partial charge in [0.2, 0.25) is 0 Å². The van der Waals surface area contributed by atoms with Crippen LogP contribution in [-0.2, 0) is 28.6 Å². The van der Waals surface area contributed by atoms with Gasteiger partial charge in [-0.15, -0.1) is 0 Å². The van der Waals surface area contributed by atoms with Gasteiger partial charge >= 0.3 is 11.9 Å². The lowest BCUT2D eigenvalue weighted by Crippen LogP contribution is -2.53. The summed E-state index contributed by atoms with van der Waals surface area (Å²) < 4.78 is 15.1. The molecule has 216 valence electrons. The van der Waals surface area contributed by atoms with Gasteiger partial charge in [-0.3, -0.25) is 14.7 Å². The van der Waals surface area contributed by atoms with E-state index >= 15 is 0 Å². The van der Waals surface area contributed by atoms with Gasteiger partial charge in [-0.1, -0.05) is 36.4 Å². The Morgan fingerprint density at radius 1 is 0.805 bits per heavy atom. The molecule has 3 unspecified atom stereocenters. The van der Waals surface area contributed by atoms with Crippen LogP contribution in [0.25, 0.3) is 23.1 Å². The number of hydrogen-bond donors (Lipinski definition) is 1. The van der Waals surface area contributed by atoms with Gasteiger partial charge in [0.05, 0.1) is 11.2 Å². The smallest absolute Gasteiger partial charge is 0.347 e. The Morgan fingerprint density at radius 2 is 1.41 bits per heavy atom. The maximum absolute atomic E-state index is 13.1. The number of rotatable bonds is 9. The van der Waals surface area contributed by atoms with E-state index in [9.17, 15) is 19.2 Å². The zero-order valence-electron chi connectivity index (χ0n) is 23.5. The summed E-state index contributed by atoms with van der Waals surface area (Å²) in [6.45, 7) is 5.64. The highest BCUT2D eigenvalue weighted by atomic mass is 16.6. The van der Waals surface area contributed by atoms with Crippen molar-refractivity contribution in [3.05, 3.63) is 65.4 Å². The molecule has 0 saturated carbocycles. The van der Waals surface area contributed by atoms with Gasteiger partial charge in [-0.05, 0) is 50.6 Å². The number of hydrogen-bond acceptors (Lipinski definition) is 8. The van der Waals surface area contributed by atoms with Crippen molar-refractivity contribution in [3.8, 4) is 0 Å². The average Bonchev–Trinajstić information content (AvgIpc) is 3.42. The molecule has 3 aromatic rings. The molecule has 0 aliphatic carbocycles. The number of benzene rings is 2. The van der Waals surface area contributed by atoms with Crippen molar-refractivity contribution in [1.29, 1.82) is 0 Å². The molecule has 1 saturated heterocycles. The van der Waals surface area contributed by atoms with Crippen LogP contribution in [0.3, 0.4) is 0 Å². The molecule has 1 aromatic heterocycles. The van der Waals surface area contributed by atoms with Crippen LogP contribution in [0.1, 0.15) is 42.4 Å². The van der Waals surface area contributed by atoms with Crippen LogP contribution in [0, 0.1) is 0 Å². The lowest BCUT2D eigenvalue weighted by molar-refractivity contribution is -0.177. The van der Waals surface area contributed by atoms with Crippen molar-refractivity contribution < 1.29 is 33.4 Å². The Labute approximate surface area is 238 Å². The van der Waals surface area contributed by atoms with E-state index in [1.165, 1.54) is 27.9 Å². The number of methoxy groups -OCH3 is 1. The fourth-order valence-electron chi connectivity index (χ4n) is 4.33. The number of fused-ring (bicyclic) bond motifs is 1. The van der Waals surface area contributed by atoms with Crippen molar-refractivity contribution in [2.24, 2.45) is 0 Å². The number of esters is 2. The molecule has 1 aliphatic rings. The van der Waals surface area contributed by atoms with Gasteiger partial charge in [0.25, 0.3) is 11.8 Å².